The number of rotatable bonds is 4. The van der Waals surface area contributed by atoms with Crippen molar-refractivity contribution in [1.82, 2.24) is 19.8 Å². The number of hydrogen-bond donors (Lipinski definition) is 0. The van der Waals surface area contributed by atoms with Crippen molar-refractivity contribution in [3.8, 4) is 0 Å². The van der Waals surface area contributed by atoms with Gasteiger partial charge in [0.05, 0.1) is 30.2 Å². The molecule has 0 spiro atoms. The lowest BCUT2D eigenvalue weighted by Crippen LogP contribution is -2.59. The predicted molar refractivity (Wildman–Crippen MR) is 121 cm³/mol. The molecule has 1 amide bonds. The van der Waals surface area contributed by atoms with Crippen LogP contribution in [0, 0.1) is 0 Å². The third kappa shape index (κ3) is 5.78. The molecule has 1 aromatic heterocycles. The molecule has 4 rings (SSSR count). The highest BCUT2D eigenvalue weighted by atomic mass is 19.4. The van der Waals surface area contributed by atoms with E-state index in [1.807, 2.05) is 36.9 Å². The van der Waals surface area contributed by atoms with E-state index in [1.165, 1.54) is 18.0 Å². The van der Waals surface area contributed by atoms with Crippen molar-refractivity contribution in [2.24, 2.45) is 0 Å². The fraction of sp³-hybridized carbons (Fsp3) is 0.542. The Hall–Kier alpha value is -2.88. The van der Waals surface area contributed by atoms with Gasteiger partial charge in [-0.2, -0.15) is 13.2 Å². The molecule has 2 aliphatic heterocycles. The number of carbonyl (C=O) groups excluding carboxylic acids is 1. The summed E-state index contributed by atoms with van der Waals surface area (Å²) < 4.78 is 44.1. The number of likely N-dealkylation sites (tertiary alicyclic amines) is 1. The molecule has 3 heterocycles. The molecule has 2 aliphatic rings. The Morgan fingerprint density at radius 3 is 2.18 bits per heavy atom. The van der Waals surface area contributed by atoms with Gasteiger partial charge in [-0.15, -0.1) is 0 Å². The molecule has 0 radical (unpaired) electrons. The van der Waals surface area contributed by atoms with Gasteiger partial charge in [-0.25, -0.2) is 14.8 Å². The van der Waals surface area contributed by atoms with Gasteiger partial charge < -0.3 is 9.64 Å². The minimum Gasteiger partial charge on any atom is -0.446 e. The molecule has 7 nitrogen and oxygen atoms in total. The van der Waals surface area contributed by atoms with Gasteiger partial charge in [0.15, 0.2) is 0 Å². The molecule has 0 N–H and O–H groups in total. The van der Waals surface area contributed by atoms with Gasteiger partial charge in [-0.3, -0.25) is 9.80 Å². The van der Waals surface area contributed by atoms with E-state index >= 15 is 0 Å². The summed E-state index contributed by atoms with van der Waals surface area (Å²) in [5.41, 5.74) is 1.78. The summed E-state index contributed by atoms with van der Waals surface area (Å²) in [5, 5.41) is 0. The number of anilines is 1. The second-order valence-corrected chi connectivity index (χ2v) is 9.12. The number of ether oxygens (including phenoxy) is 1. The van der Waals surface area contributed by atoms with E-state index in [2.05, 4.69) is 27.0 Å². The van der Waals surface area contributed by atoms with Crippen LogP contribution in [0.3, 0.4) is 0 Å². The van der Waals surface area contributed by atoms with Crippen LogP contribution in [-0.4, -0.2) is 70.2 Å². The molecule has 184 valence electrons. The number of hydrogen-bond acceptors (Lipinski definition) is 6. The Kier molecular flexibility index (Phi) is 7.25. The zero-order valence-electron chi connectivity index (χ0n) is 19.4. The molecule has 1 aromatic carbocycles. The average Bonchev–Trinajstić information content (AvgIpc) is 2.80. The quantitative estimate of drug-likeness (QED) is 0.658. The highest BCUT2D eigenvalue weighted by Crippen LogP contribution is 2.28. The van der Waals surface area contributed by atoms with E-state index in [4.69, 9.17) is 4.74 Å². The second-order valence-electron chi connectivity index (χ2n) is 9.12. The van der Waals surface area contributed by atoms with Gasteiger partial charge in [0.25, 0.3) is 0 Å². The van der Waals surface area contributed by atoms with E-state index in [1.54, 1.807) is 4.90 Å². The molecular weight excluding hydrogens is 447 g/mol. The van der Waals surface area contributed by atoms with Gasteiger partial charge in [0.2, 0.25) is 5.82 Å². The number of nitrogens with zero attached hydrogens (tertiary/aromatic N) is 5. The maximum absolute atomic E-state index is 13.0. The topological polar surface area (TPSA) is 61.8 Å². The predicted octanol–water partition coefficient (Wildman–Crippen LogP) is 4.20. The first-order valence-corrected chi connectivity index (χ1v) is 11.6. The van der Waals surface area contributed by atoms with E-state index in [0.717, 1.165) is 32.5 Å². The van der Waals surface area contributed by atoms with E-state index < -0.39 is 12.0 Å². The summed E-state index contributed by atoms with van der Waals surface area (Å²) in [4.78, 5) is 25.9. The third-order valence-electron chi connectivity index (χ3n) is 6.44. The number of alkyl halides is 3. The second kappa shape index (κ2) is 10.2. The van der Waals surface area contributed by atoms with E-state index in [9.17, 15) is 18.0 Å². The minimum absolute atomic E-state index is 0.111. The fourth-order valence-electron chi connectivity index (χ4n) is 4.75. The molecule has 34 heavy (non-hydrogen) atoms. The van der Waals surface area contributed by atoms with Crippen molar-refractivity contribution in [1.29, 1.82) is 0 Å². The van der Waals surface area contributed by atoms with Crippen LogP contribution in [0.4, 0.5) is 23.7 Å². The van der Waals surface area contributed by atoms with Crippen LogP contribution in [-0.2, 0) is 17.5 Å². The maximum Gasteiger partial charge on any atom is 0.451 e. The normalized spacial score (nSPS) is 22.6. The van der Waals surface area contributed by atoms with Crippen LogP contribution in [0.2, 0.25) is 0 Å². The molecule has 0 unspecified atom stereocenters. The number of halogens is 3. The number of aromatic nitrogens is 2. The summed E-state index contributed by atoms with van der Waals surface area (Å²) in [5.74, 6) is -1.16. The number of carbonyl (C=O) groups is 1. The molecule has 2 atom stereocenters. The van der Waals surface area contributed by atoms with Crippen molar-refractivity contribution < 1.29 is 22.7 Å². The van der Waals surface area contributed by atoms with Gasteiger partial charge in [0, 0.05) is 32.7 Å². The Morgan fingerprint density at radius 1 is 1.03 bits per heavy atom. The standard InChI is InChI=1S/C24H30F3N5O2/c1-17-14-31(20-12-28-22(29-13-20)24(25,26)27)15-18(2)32(17)23(33)34-21-8-10-30(11-9-21)16-19-6-4-3-5-7-19/h3-7,12-13,17-18,21H,8-11,14-16H2,1-2H3/t17-,18+. The van der Waals surface area contributed by atoms with Gasteiger partial charge in [0.1, 0.15) is 6.10 Å². The van der Waals surface area contributed by atoms with Crippen molar-refractivity contribution in [3.05, 3.63) is 54.1 Å². The minimum atomic E-state index is -4.57. The van der Waals surface area contributed by atoms with Gasteiger partial charge in [-0.1, -0.05) is 30.3 Å². The zero-order chi connectivity index (χ0) is 24.3. The zero-order valence-corrected chi connectivity index (χ0v) is 19.4. The van der Waals surface area contributed by atoms with Crippen LogP contribution < -0.4 is 4.90 Å². The highest BCUT2D eigenvalue weighted by molar-refractivity contribution is 5.69. The van der Waals surface area contributed by atoms with E-state index in [0.29, 0.717) is 18.8 Å². The monoisotopic (exact) mass is 477 g/mol. The number of benzene rings is 1. The Bertz CT molecular complexity index is 937. The maximum atomic E-state index is 13.0. The molecule has 0 saturated carbocycles. The molecule has 2 aromatic rings. The van der Waals surface area contributed by atoms with Crippen LogP contribution in [0.1, 0.15) is 38.1 Å². The summed E-state index contributed by atoms with van der Waals surface area (Å²) >= 11 is 0. The summed E-state index contributed by atoms with van der Waals surface area (Å²) in [7, 11) is 0. The van der Waals surface area contributed by atoms with Gasteiger partial charge in [-0.05, 0) is 32.3 Å². The number of amides is 1. The fourth-order valence-corrected chi connectivity index (χ4v) is 4.75. The molecule has 10 heteroatoms. The first-order valence-electron chi connectivity index (χ1n) is 11.6. The Morgan fingerprint density at radius 2 is 1.62 bits per heavy atom. The largest absolute Gasteiger partial charge is 0.451 e. The summed E-state index contributed by atoms with van der Waals surface area (Å²) in [6, 6.07) is 9.98. The highest BCUT2D eigenvalue weighted by Gasteiger charge is 2.37. The Labute approximate surface area is 197 Å². The third-order valence-corrected chi connectivity index (χ3v) is 6.44. The van der Waals surface area contributed by atoms with Crippen molar-refractivity contribution >= 4 is 11.8 Å². The summed E-state index contributed by atoms with van der Waals surface area (Å²) in [6.07, 6.45) is -1.04. The van der Waals surface area contributed by atoms with Gasteiger partial charge >= 0.3 is 12.3 Å². The van der Waals surface area contributed by atoms with Crippen molar-refractivity contribution in [3.63, 3.8) is 0 Å². The molecular formula is C24H30F3N5O2. The van der Waals surface area contributed by atoms with Crippen molar-refractivity contribution in [2.75, 3.05) is 31.1 Å². The van der Waals surface area contributed by atoms with Crippen LogP contribution in [0.15, 0.2) is 42.7 Å². The summed E-state index contributed by atoms with van der Waals surface area (Å²) in [6.45, 7) is 7.40. The van der Waals surface area contributed by atoms with E-state index in [-0.39, 0.29) is 24.3 Å². The lowest BCUT2D eigenvalue weighted by molar-refractivity contribution is -0.145. The molecule has 2 fully saturated rings. The molecule has 0 aliphatic carbocycles. The number of piperidine rings is 1. The number of piperazine rings is 1. The average molecular weight is 478 g/mol. The first kappa shape index (κ1) is 24.3. The SMILES string of the molecule is C[C@@H]1CN(c2cnc(C(F)(F)F)nc2)C[C@H](C)N1C(=O)OC1CCN(Cc2ccccc2)CC1. The lowest BCUT2D eigenvalue weighted by atomic mass is 10.1. The lowest BCUT2D eigenvalue weighted by Gasteiger charge is -2.45. The van der Waals surface area contributed by atoms with Crippen LogP contribution in [0.25, 0.3) is 0 Å². The smallest absolute Gasteiger partial charge is 0.446 e. The van der Waals surface area contributed by atoms with Crippen LogP contribution in [0.5, 0.6) is 0 Å². The Balaban J connectivity index is 1.28. The first-order chi connectivity index (χ1) is 16.2. The molecule has 2 saturated heterocycles. The van der Waals surface area contributed by atoms with Crippen molar-refractivity contribution in [2.45, 2.75) is 57.6 Å². The molecule has 0 bridgehead atoms. The van der Waals surface area contributed by atoms with Crippen LogP contribution >= 0.6 is 0 Å².